The van der Waals surface area contributed by atoms with Crippen molar-refractivity contribution in [2.24, 2.45) is 5.92 Å². The van der Waals surface area contributed by atoms with Crippen LogP contribution in [0.2, 0.25) is 0 Å². The van der Waals surface area contributed by atoms with E-state index in [9.17, 15) is 9.90 Å². The average molecular weight is 352 g/mol. The van der Waals surface area contributed by atoms with Gasteiger partial charge >= 0.3 is 0 Å². The Labute approximate surface area is 134 Å². The molecule has 1 aromatic rings. The summed E-state index contributed by atoms with van der Waals surface area (Å²) in [5.41, 5.74) is 0.215. The molecule has 1 aliphatic carbocycles. The van der Waals surface area contributed by atoms with Crippen LogP contribution in [0.25, 0.3) is 6.08 Å². The predicted octanol–water partition coefficient (Wildman–Crippen LogP) is 3.52. The lowest BCUT2D eigenvalue weighted by Crippen LogP contribution is -2.45. The quantitative estimate of drug-likeness (QED) is 0.815. The van der Waals surface area contributed by atoms with Crippen molar-refractivity contribution in [2.75, 3.05) is 6.54 Å². The molecule has 1 amide bonds. The molecule has 3 nitrogen and oxygen atoms in total. The average Bonchev–Trinajstić information content (AvgIpc) is 2.44. The lowest BCUT2D eigenvalue weighted by Gasteiger charge is -2.35. The van der Waals surface area contributed by atoms with E-state index in [0.29, 0.717) is 12.5 Å². The van der Waals surface area contributed by atoms with Crippen molar-refractivity contribution in [3.63, 3.8) is 0 Å². The van der Waals surface area contributed by atoms with Crippen molar-refractivity contribution in [1.29, 1.82) is 0 Å². The first-order chi connectivity index (χ1) is 9.98. The minimum atomic E-state index is -0.742. The van der Waals surface area contributed by atoms with Gasteiger partial charge < -0.3 is 10.4 Å². The second-order valence-electron chi connectivity index (χ2n) is 6.00. The maximum atomic E-state index is 11.9. The van der Waals surface area contributed by atoms with E-state index in [-0.39, 0.29) is 5.91 Å². The summed E-state index contributed by atoms with van der Waals surface area (Å²) in [6, 6.07) is 7.73. The van der Waals surface area contributed by atoms with E-state index in [1.807, 2.05) is 24.3 Å². The molecule has 2 N–H and O–H groups in total. The Morgan fingerprint density at radius 2 is 2.29 bits per heavy atom. The van der Waals surface area contributed by atoms with Crippen molar-refractivity contribution in [2.45, 2.75) is 38.2 Å². The molecule has 0 heterocycles. The molecule has 0 bridgehead atoms. The summed E-state index contributed by atoms with van der Waals surface area (Å²) in [4.78, 5) is 11.9. The molecular weight excluding hydrogens is 330 g/mol. The van der Waals surface area contributed by atoms with E-state index in [0.717, 1.165) is 35.7 Å². The summed E-state index contributed by atoms with van der Waals surface area (Å²) in [6.07, 6.45) is 7.01. The molecule has 1 aromatic carbocycles. The number of carbonyl (C=O) groups excluding carboxylic acids is 1. The number of nitrogens with one attached hydrogen (secondary N) is 1. The van der Waals surface area contributed by atoms with E-state index >= 15 is 0 Å². The maximum Gasteiger partial charge on any atom is 0.244 e. The molecule has 0 aromatic heterocycles. The van der Waals surface area contributed by atoms with Gasteiger partial charge in [-0.15, -0.1) is 0 Å². The fraction of sp³-hybridized carbons (Fsp3) is 0.471. The molecule has 0 radical (unpaired) electrons. The molecule has 2 rings (SSSR count). The number of hydrogen-bond acceptors (Lipinski definition) is 2. The zero-order valence-corrected chi connectivity index (χ0v) is 13.9. The van der Waals surface area contributed by atoms with Gasteiger partial charge in [0.15, 0.2) is 0 Å². The summed E-state index contributed by atoms with van der Waals surface area (Å²) in [5, 5.41) is 13.3. The van der Waals surface area contributed by atoms with E-state index < -0.39 is 5.60 Å². The van der Waals surface area contributed by atoms with Crippen molar-refractivity contribution in [3.05, 3.63) is 40.4 Å². The molecule has 1 aliphatic rings. The summed E-state index contributed by atoms with van der Waals surface area (Å²) < 4.78 is 0.953. The van der Waals surface area contributed by atoms with Crippen LogP contribution >= 0.6 is 15.9 Å². The van der Waals surface area contributed by atoms with Crippen molar-refractivity contribution < 1.29 is 9.90 Å². The van der Waals surface area contributed by atoms with Gasteiger partial charge in [0, 0.05) is 17.1 Å². The molecule has 2 atom stereocenters. The first-order valence-corrected chi connectivity index (χ1v) is 8.21. The number of hydrogen-bond donors (Lipinski definition) is 2. The van der Waals surface area contributed by atoms with Crippen molar-refractivity contribution in [1.82, 2.24) is 5.32 Å². The Kier molecular flexibility index (Phi) is 5.59. The highest BCUT2D eigenvalue weighted by molar-refractivity contribution is 9.10. The summed E-state index contributed by atoms with van der Waals surface area (Å²) in [5.74, 6) is 0.355. The Morgan fingerprint density at radius 3 is 3.00 bits per heavy atom. The predicted molar refractivity (Wildman–Crippen MR) is 88.8 cm³/mol. The van der Waals surface area contributed by atoms with Crippen molar-refractivity contribution in [3.8, 4) is 0 Å². The minimum absolute atomic E-state index is 0.169. The molecule has 1 fully saturated rings. The number of carbonyl (C=O) groups is 1. The van der Waals surface area contributed by atoms with Gasteiger partial charge in [0.1, 0.15) is 0 Å². The van der Waals surface area contributed by atoms with Gasteiger partial charge in [-0.25, -0.2) is 0 Å². The van der Waals surface area contributed by atoms with Crippen LogP contribution in [0.1, 0.15) is 38.2 Å². The van der Waals surface area contributed by atoms with Crippen LogP contribution in [0.3, 0.4) is 0 Å². The highest BCUT2D eigenvalue weighted by Gasteiger charge is 2.32. The molecule has 0 aliphatic heterocycles. The van der Waals surface area contributed by atoms with Crippen molar-refractivity contribution >= 4 is 27.9 Å². The van der Waals surface area contributed by atoms with E-state index in [1.54, 1.807) is 6.08 Å². The lowest BCUT2D eigenvalue weighted by atomic mass is 9.79. The van der Waals surface area contributed by atoms with Crippen LogP contribution in [0.4, 0.5) is 0 Å². The molecule has 2 unspecified atom stereocenters. The Hall–Kier alpha value is -1.13. The van der Waals surface area contributed by atoms with Crippen LogP contribution in [-0.2, 0) is 4.79 Å². The molecule has 21 heavy (non-hydrogen) atoms. The topological polar surface area (TPSA) is 49.3 Å². The third kappa shape index (κ3) is 4.97. The van der Waals surface area contributed by atoms with Gasteiger partial charge in [0.25, 0.3) is 0 Å². The fourth-order valence-corrected chi connectivity index (χ4v) is 3.30. The summed E-state index contributed by atoms with van der Waals surface area (Å²) in [7, 11) is 0. The lowest BCUT2D eigenvalue weighted by molar-refractivity contribution is -0.118. The van der Waals surface area contributed by atoms with Gasteiger partial charge in [-0.1, -0.05) is 53.9 Å². The molecule has 1 saturated carbocycles. The SMILES string of the molecule is CC1CCCC(O)(CNC(=O)C=Cc2ccccc2Br)C1. The highest BCUT2D eigenvalue weighted by Crippen LogP contribution is 2.31. The van der Waals surface area contributed by atoms with E-state index in [2.05, 4.69) is 28.2 Å². The minimum Gasteiger partial charge on any atom is -0.388 e. The first-order valence-electron chi connectivity index (χ1n) is 7.41. The van der Waals surface area contributed by atoms with Crippen LogP contribution in [0, 0.1) is 5.92 Å². The molecule has 0 saturated heterocycles. The van der Waals surface area contributed by atoms with Gasteiger partial charge in [-0.3, -0.25) is 4.79 Å². The Morgan fingerprint density at radius 1 is 1.52 bits per heavy atom. The second kappa shape index (κ2) is 7.23. The highest BCUT2D eigenvalue weighted by atomic mass is 79.9. The van der Waals surface area contributed by atoms with Gasteiger partial charge in [0.05, 0.1) is 5.60 Å². The molecule has 114 valence electrons. The fourth-order valence-electron chi connectivity index (χ4n) is 2.88. The number of amides is 1. The summed E-state index contributed by atoms with van der Waals surface area (Å²) in [6.45, 7) is 2.48. The third-order valence-corrected chi connectivity index (χ3v) is 4.70. The summed E-state index contributed by atoms with van der Waals surface area (Å²) >= 11 is 3.44. The smallest absolute Gasteiger partial charge is 0.244 e. The number of rotatable bonds is 4. The normalized spacial score (nSPS) is 26.0. The number of aliphatic hydroxyl groups is 1. The van der Waals surface area contributed by atoms with Crippen LogP contribution in [0.15, 0.2) is 34.8 Å². The van der Waals surface area contributed by atoms with Crippen LogP contribution < -0.4 is 5.32 Å². The van der Waals surface area contributed by atoms with Gasteiger partial charge in [0.2, 0.25) is 5.91 Å². The van der Waals surface area contributed by atoms with Gasteiger partial charge in [-0.2, -0.15) is 0 Å². The Bertz CT molecular complexity index is 529. The largest absolute Gasteiger partial charge is 0.388 e. The first kappa shape index (κ1) is 16.2. The van der Waals surface area contributed by atoms with Gasteiger partial charge in [-0.05, 0) is 36.5 Å². The van der Waals surface area contributed by atoms with Crippen LogP contribution in [-0.4, -0.2) is 23.2 Å². The number of benzene rings is 1. The zero-order valence-electron chi connectivity index (χ0n) is 12.3. The monoisotopic (exact) mass is 351 g/mol. The van der Waals surface area contributed by atoms with E-state index in [1.165, 1.54) is 6.08 Å². The maximum absolute atomic E-state index is 11.9. The molecule has 0 spiro atoms. The Balaban J connectivity index is 1.86. The zero-order chi connectivity index (χ0) is 15.3. The molecule has 4 heteroatoms. The molecular formula is C17H22BrNO2. The standard InChI is InChI=1S/C17H22BrNO2/c1-13-5-4-10-17(21,11-13)12-19-16(20)9-8-14-6-2-3-7-15(14)18/h2-3,6-9,13,21H,4-5,10-12H2,1H3,(H,19,20). The van der Waals surface area contributed by atoms with E-state index in [4.69, 9.17) is 0 Å². The second-order valence-corrected chi connectivity index (χ2v) is 6.85. The number of halogens is 1. The third-order valence-electron chi connectivity index (χ3n) is 3.98. The van der Waals surface area contributed by atoms with Crippen LogP contribution in [0.5, 0.6) is 0 Å².